The van der Waals surface area contributed by atoms with Crippen LogP contribution in [0.5, 0.6) is 17.2 Å². The van der Waals surface area contributed by atoms with Crippen LogP contribution in [-0.2, 0) is 6.42 Å². The number of ether oxygens (including phenoxy) is 2. The lowest BCUT2D eigenvalue weighted by Gasteiger charge is -2.13. The summed E-state index contributed by atoms with van der Waals surface area (Å²) in [6.45, 7) is 4.18. The SMILES string of the molecule is COc1cc(/C=C/c2ccc(O)c(SC)c2)c(CC=C(C)C)c(OC)c1. The van der Waals surface area contributed by atoms with Crippen molar-refractivity contribution in [1.82, 2.24) is 0 Å². The van der Waals surface area contributed by atoms with Crippen molar-refractivity contribution in [2.45, 2.75) is 25.2 Å². The Balaban J connectivity index is 2.47. The minimum Gasteiger partial charge on any atom is -0.507 e. The summed E-state index contributed by atoms with van der Waals surface area (Å²) in [5.74, 6) is 1.89. The van der Waals surface area contributed by atoms with E-state index in [1.807, 2.05) is 36.6 Å². The first-order valence-corrected chi connectivity index (χ1v) is 9.64. The van der Waals surface area contributed by atoms with Gasteiger partial charge in [0.25, 0.3) is 0 Å². The molecule has 2 aromatic carbocycles. The summed E-state index contributed by atoms with van der Waals surface area (Å²) in [4.78, 5) is 0.861. The first-order valence-electron chi connectivity index (χ1n) is 8.41. The van der Waals surface area contributed by atoms with Crippen molar-refractivity contribution in [2.75, 3.05) is 20.5 Å². The van der Waals surface area contributed by atoms with Crippen molar-refractivity contribution in [3.63, 3.8) is 0 Å². The summed E-state index contributed by atoms with van der Waals surface area (Å²) in [5, 5.41) is 9.84. The first-order chi connectivity index (χ1) is 12.5. The Morgan fingerprint density at radius 1 is 1.08 bits per heavy atom. The number of rotatable bonds is 7. The third kappa shape index (κ3) is 5.09. The molecule has 0 saturated heterocycles. The van der Waals surface area contributed by atoms with Gasteiger partial charge in [0, 0.05) is 16.5 Å². The molecule has 2 aromatic rings. The Morgan fingerprint density at radius 3 is 2.46 bits per heavy atom. The number of methoxy groups -OCH3 is 2. The van der Waals surface area contributed by atoms with Gasteiger partial charge in [0.2, 0.25) is 0 Å². The predicted molar refractivity (Wildman–Crippen MR) is 111 cm³/mol. The maximum Gasteiger partial charge on any atom is 0.129 e. The molecule has 0 unspecified atom stereocenters. The van der Waals surface area contributed by atoms with E-state index in [1.165, 1.54) is 17.3 Å². The highest BCUT2D eigenvalue weighted by Gasteiger charge is 2.10. The molecule has 0 heterocycles. The quantitative estimate of drug-likeness (QED) is 0.379. The van der Waals surface area contributed by atoms with Gasteiger partial charge in [-0.2, -0.15) is 0 Å². The molecule has 0 aromatic heterocycles. The average molecular weight is 371 g/mol. The lowest BCUT2D eigenvalue weighted by molar-refractivity contribution is 0.391. The molecule has 0 spiro atoms. The lowest BCUT2D eigenvalue weighted by Crippen LogP contribution is -1.97. The molecule has 0 aliphatic carbocycles. The number of allylic oxidation sites excluding steroid dienone is 2. The Hall–Kier alpha value is -2.33. The molecule has 0 radical (unpaired) electrons. The fourth-order valence-corrected chi connectivity index (χ4v) is 3.13. The standard InChI is InChI=1S/C22H26O3S/c1-15(2)6-10-19-17(13-18(24-3)14-21(19)25-4)9-7-16-8-11-20(23)22(12-16)26-5/h6-9,11-14,23H,10H2,1-5H3/b9-7+. The molecule has 0 aliphatic heterocycles. The number of thioether (sulfide) groups is 1. The first kappa shape index (κ1) is 20.0. The predicted octanol–water partition coefficient (Wildman–Crippen LogP) is 5.81. The summed E-state index contributed by atoms with van der Waals surface area (Å²) in [7, 11) is 3.34. The van der Waals surface area contributed by atoms with E-state index in [4.69, 9.17) is 9.47 Å². The van der Waals surface area contributed by atoms with Crippen LogP contribution >= 0.6 is 11.8 Å². The zero-order valence-electron chi connectivity index (χ0n) is 16.0. The van der Waals surface area contributed by atoms with E-state index in [0.717, 1.165) is 39.5 Å². The van der Waals surface area contributed by atoms with E-state index < -0.39 is 0 Å². The largest absolute Gasteiger partial charge is 0.507 e. The van der Waals surface area contributed by atoms with E-state index >= 15 is 0 Å². The van der Waals surface area contributed by atoms with Crippen molar-refractivity contribution < 1.29 is 14.6 Å². The Labute approximate surface area is 160 Å². The molecular formula is C22H26O3S. The van der Waals surface area contributed by atoms with E-state index in [-0.39, 0.29) is 0 Å². The van der Waals surface area contributed by atoms with Gasteiger partial charge in [-0.3, -0.25) is 0 Å². The summed E-state index contributed by atoms with van der Waals surface area (Å²) in [5.41, 5.74) is 4.47. The smallest absolute Gasteiger partial charge is 0.129 e. The summed E-state index contributed by atoms with van der Waals surface area (Å²) in [6, 6.07) is 9.53. The summed E-state index contributed by atoms with van der Waals surface area (Å²) in [6.07, 6.45) is 9.04. The molecule has 3 nitrogen and oxygen atoms in total. The minimum atomic E-state index is 0.307. The molecule has 138 valence electrons. The van der Waals surface area contributed by atoms with Gasteiger partial charge in [0.05, 0.1) is 14.2 Å². The van der Waals surface area contributed by atoms with Crippen molar-refractivity contribution in [1.29, 1.82) is 0 Å². The maximum absolute atomic E-state index is 9.84. The number of hydrogen-bond donors (Lipinski definition) is 1. The summed E-state index contributed by atoms with van der Waals surface area (Å²) >= 11 is 1.53. The summed E-state index contributed by atoms with van der Waals surface area (Å²) < 4.78 is 11.0. The zero-order chi connectivity index (χ0) is 19.1. The van der Waals surface area contributed by atoms with Crippen molar-refractivity contribution >= 4 is 23.9 Å². The third-order valence-electron chi connectivity index (χ3n) is 4.05. The normalized spacial score (nSPS) is 10.8. The topological polar surface area (TPSA) is 38.7 Å². The van der Waals surface area contributed by atoms with Crippen LogP contribution in [0.15, 0.2) is 46.9 Å². The van der Waals surface area contributed by atoms with Gasteiger partial charge in [-0.25, -0.2) is 0 Å². The fraction of sp³-hybridized carbons (Fsp3) is 0.273. The van der Waals surface area contributed by atoms with Gasteiger partial charge < -0.3 is 14.6 Å². The van der Waals surface area contributed by atoms with Crippen molar-refractivity contribution in [2.24, 2.45) is 0 Å². The number of benzene rings is 2. The van der Waals surface area contributed by atoms with Crippen LogP contribution in [0.4, 0.5) is 0 Å². The second kappa shape index (κ2) is 9.39. The van der Waals surface area contributed by atoms with Gasteiger partial charge in [0.15, 0.2) is 0 Å². The molecular weight excluding hydrogens is 344 g/mol. The Bertz CT molecular complexity index is 818. The van der Waals surface area contributed by atoms with Crippen LogP contribution in [0.3, 0.4) is 0 Å². The van der Waals surface area contributed by atoms with Gasteiger partial charge >= 0.3 is 0 Å². The van der Waals surface area contributed by atoms with E-state index in [1.54, 1.807) is 20.3 Å². The molecule has 0 bridgehead atoms. The number of phenolic OH excluding ortho intramolecular Hbond substituents is 1. The van der Waals surface area contributed by atoms with Crippen LogP contribution < -0.4 is 9.47 Å². The molecule has 0 aliphatic rings. The van der Waals surface area contributed by atoms with Crippen molar-refractivity contribution in [3.05, 3.63) is 58.7 Å². The molecule has 2 rings (SSSR count). The molecule has 0 atom stereocenters. The Morgan fingerprint density at radius 2 is 1.85 bits per heavy atom. The van der Waals surface area contributed by atoms with Crippen molar-refractivity contribution in [3.8, 4) is 17.2 Å². The van der Waals surface area contributed by atoms with Gasteiger partial charge in [0.1, 0.15) is 17.2 Å². The number of hydrogen-bond acceptors (Lipinski definition) is 4. The highest BCUT2D eigenvalue weighted by atomic mass is 32.2. The van der Waals surface area contributed by atoms with Crippen LogP contribution in [0.2, 0.25) is 0 Å². The molecule has 4 heteroatoms. The lowest BCUT2D eigenvalue weighted by atomic mass is 10.00. The second-order valence-electron chi connectivity index (χ2n) is 6.15. The molecule has 0 fully saturated rings. The average Bonchev–Trinajstić information content (AvgIpc) is 2.65. The maximum atomic E-state index is 9.84. The zero-order valence-corrected chi connectivity index (χ0v) is 16.8. The van der Waals surface area contributed by atoms with E-state index in [0.29, 0.717) is 5.75 Å². The van der Waals surface area contributed by atoms with E-state index in [9.17, 15) is 5.11 Å². The fourth-order valence-electron chi connectivity index (χ4n) is 2.60. The Kier molecular flexibility index (Phi) is 7.22. The van der Waals surface area contributed by atoms with E-state index in [2.05, 4.69) is 26.0 Å². The van der Waals surface area contributed by atoms with Gasteiger partial charge in [-0.05, 0) is 55.9 Å². The highest BCUT2D eigenvalue weighted by molar-refractivity contribution is 7.98. The van der Waals surface area contributed by atoms with Crippen LogP contribution in [-0.4, -0.2) is 25.6 Å². The van der Waals surface area contributed by atoms with Crippen LogP contribution in [0, 0.1) is 0 Å². The van der Waals surface area contributed by atoms with Gasteiger partial charge in [-0.15, -0.1) is 11.8 Å². The molecule has 0 amide bonds. The second-order valence-corrected chi connectivity index (χ2v) is 7.00. The number of aromatic hydroxyl groups is 1. The van der Waals surface area contributed by atoms with Crippen LogP contribution in [0.25, 0.3) is 12.2 Å². The molecule has 26 heavy (non-hydrogen) atoms. The monoisotopic (exact) mass is 370 g/mol. The molecule has 0 saturated carbocycles. The third-order valence-corrected chi connectivity index (χ3v) is 4.81. The number of phenols is 1. The minimum absolute atomic E-state index is 0.307. The highest BCUT2D eigenvalue weighted by Crippen LogP contribution is 2.32. The van der Waals surface area contributed by atoms with Gasteiger partial charge in [-0.1, -0.05) is 29.9 Å². The molecule has 1 N–H and O–H groups in total. The van der Waals surface area contributed by atoms with Crippen LogP contribution in [0.1, 0.15) is 30.5 Å².